The van der Waals surface area contributed by atoms with Gasteiger partial charge in [0.25, 0.3) is 0 Å². The zero-order chi connectivity index (χ0) is 16.3. The molecule has 1 aliphatic rings. The van der Waals surface area contributed by atoms with Crippen LogP contribution in [0.5, 0.6) is 0 Å². The van der Waals surface area contributed by atoms with Crippen LogP contribution >= 0.6 is 22.6 Å². The first-order chi connectivity index (χ1) is 10.3. The second-order valence-electron chi connectivity index (χ2n) is 6.93. The average molecular weight is 434 g/mol. The predicted octanol–water partition coefficient (Wildman–Crippen LogP) is 3.58. The summed E-state index contributed by atoms with van der Waals surface area (Å²) in [6.07, 6.45) is 2.79. The van der Waals surface area contributed by atoms with E-state index in [0.717, 1.165) is 12.8 Å². The Morgan fingerprint density at radius 2 is 1.95 bits per heavy atom. The van der Waals surface area contributed by atoms with Crippen LogP contribution in [-0.4, -0.2) is 37.0 Å². The largest absolute Gasteiger partial charge is 0.432 e. The molecule has 5 heteroatoms. The van der Waals surface area contributed by atoms with Gasteiger partial charge in [-0.25, -0.2) is 0 Å². The summed E-state index contributed by atoms with van der Waals surface area (Å²) < 4.78 is 7.48. The van der Waals surface area contributed by atoms with Gasteiger partial charge >= 0.3 is 0 Å². The Balaban J connectivity index is 2.02. The Labute approximate surface area is 148 Å². The third kappa shape index (κ3) is 4.53. The first-order valence-electron chi connectivity index (χ1n) is 8.06. The number of aliphatic hydroxyl groups excluding tert-OH is 1. The fraction of sp³-hybridized carbons (Fsp3) is 0.647. The summed E-state index contributed by atoms with van der Waals surface area (Å²) in [5, 5.41) is 9.27. The lowest BCUT2D eigenvalue weighted by atomic mass is 9.95. The van der Waals surface area contributed by atoms with Gasteiger partial charge < -0.3 is 14.6 Å². The molecule has 1 aliphatic heterocycles. The van der Waals surface area contributed by atoms with Crippen LogP contribution in [-0.2, 0) is 11.2 Å². The molecular formula is C17H27IO3Si. The maximum atomic E-state index is 10.6. The van der Waals surface area contributed by atoms with Gasteiger partial charge in [0.2, 0.25) is 0 Å². The molecule has 0 spiro atoms. The molecule has 4 atom stereocenters. The lowest BCUT2D eigenvalue weighted by Crippen LogP contribution is -2.40. The van der Waals surface area contributed by atoms with Crippen molar-refractivity contribution < 1.29 is 14.6 Å². The van der Waals surface area contributed by atoms with Crippen LogP contribution in [0.3, 0.4) is 0 Å². The number of hydrogen-bond donors (Lipinski definition) is 2. The zero-order valence-corrected chi connectivity index (χ0v) is 16.8. The molecule has 22 heavy (non-hydrogen) atoms. The monoisotopic (exact) mass is 434 g/mol. The molecule has 3 nitrogen and oxygen atoms in total. The van der Waals surface area contributed by atoms with Crippen molar-refractivity contribution in [2.24, 2.45) is 5.92 Å². The highest BCUT2D eigenvalue weighted by Crippen LogP contribution is 2.45. The molecule has 2 rings (SSSR count). The van der Waals surface area contributed by atoms with Gasteiger partial charge in [0.1, 0.15) is 0 Å². The fourth-order valence-electron chi connectivity index (χ4n) is 3.81. The Morgan fingerprint density at radius 3 is 2.55 bits per heavy atom. The van der Waals surface area contributed by atoms with Crippen molar-refractivity contribution in [3.8, 4) is 0 Å². The summed E-state index contributed by atoms with van der Waals surface area (Å²) in [5.74, 6) is 0.353. The average Bonchev–Trinajstić information content (AvgIpc) is 2.73. The van der Waals surface area contributed by atoms with E-state index in [2.05, 4.69) is 53.8 Å². The minimum Gasteiger partial charge on any atom is -0.432 e. The highest BCUT2D eigenvalue weighted by molar-refractivity contribution is 14.1. The number of ether oxygens (including phenoxy) is 1. The molecule has 0 saturated carbocycles. The summed E-state index contributed by atoms with van der Waals surface area (Å²) in [5.41, 5.74) is 1.55. The third-order valence-corrected chi connectivity index (χ3v) is 7.94. The topological polar surface area (TPSA) is 49.7 Å². The highest BCUT2D eigenvalue weighted by atomic mass is 127. The predicted molar refractivity (Wildman–Crippen MR) is 100 cm³/mol. The van der Waals surface area contributed by atoms with Crippen molar-refractivity contribution in [3.05, 3.63) is 33.4 Å². The van der Waals surface area contributed by atoms with Crippen molar-refractivity contribution in [1.82, 2.24) is 0 Å². The molecule has 2 N–H and O–H groups in total. The SMILES string of the molecule is C[C@@H]1[C@@H]([Si](C)(C)O)[C@H](CCO)O[C@@H]1CCc1cccc(I)c1. The van der Waals surface area contributed by atoms with Crippen LogP contribution in [0.25, 0.3) is 0 Å². The zero-order valence-electron chi connectivity index (χ0n) is 13.6. The molecular weight excluding hydrogens is 407 g/mol. The summed E-state index contributed by atoms with van der Waals surface area (Å²) in [6.45, 7) is 6.31. The second-order valence-corrected chi connectivity index (χ2v) is 12.2. The summed E-state index contributed by atoms with van der Waals surface area (Å²) in [4.78, 5) is 10.6. The van der Waals surface area contributed by atoms with E-state index in [1.54, 1.807) is 0 Å². The number of rotatable bonds is 6. The van der Waals surface area contributed by atoms with E-state index in [4.69, 9.17) is 4.74 Å². The molecule has 0 aromatic heterocycles. The van der Waals surface area contributed by atoms with Crippen molar-refractivity contribution in [2.45, 2.75) is 57.0 Å². The van der Waals surface area contributed by atoms with Gasteiger partial charge in [-0.2, -0.15) is 0 Å². The maximum absolute atomic E-state index is 10.6. The van der Waals surface area contributed by atoms with E-state index in [9.17, 15) is 9.90 Å². The first-order valence-corrected chi connectivity index (χ1v) is 12.2. The van der Waals surface area contributed by atoms with Gasteiger partial charge in [-0.3, -0.25) is 0 Å². The van der Waals surface area contributed by atoms with Crippen LogP contribution < -0.4 is 0 Å². The molecule has 1 aromatic carbocycles. The molecule has 1 heterocycles. The van der Waals surface area contributed by atoms with Crippen LogP contribution in [0, 0.1) is 9.49 Å². The summed E-state index contributed by atoms with van der Waals surface area (Å²) >= 11 is 2.34. The lowest BCUT2D eigenvalue weighted by Gasteiger charge is -2.30. The maximum Gasteiger partial charge on any atom is 0.188 e. The van der Waals surface area contributed by atoms with Crippen LogP contribution in [0.1, 0.15) is 25.3 Å². The van der Waals surface area contributed by atoms with Crippen LogP contribution in [0.15, 0.2) is 24.3 Å². The number of halogens is 1. The Bertz CT molecular complexity index is 489. The molecule has 0 radical (unpaired) electrons. The number of aryl methyl sites for hydroxylation is 1. The van der Waals surface area contributed by atoms with Gasteiger partial charge in [0, 0.05) is 15.7 Å². The van der Waals surface area contributed by atoms with E-state index in [-0.39, 0.29) is 24.4 Å². The highest BCUT2D eigenvalue weighted by Gasteiger charge is 2.49. The van der Waals surface area contributed by atoms with E-state index in [1.807, 2.05) is 13.1 Å². The summed E-state index contributed by atoms with van der Waals surface area (Å²) in [6, 6.07) is 8.58. The standard InChI is InChI=1S/C17H27IO3Si/c1-12-15(8-7-13-5-4-6-14(18)11-13)21-16(9-10-19)17(12)22(2,3)20/h4-6,11-12,15-17,19-20H,7-10H2,1-3H3/t12-,15+,16-,17+/m0/s1. The second kappa shape index (κ2) is 7.74. The third-order valence-electron chi connectivity index (χ3n) is 4.74. The van der Waals surface area contributed by atoms with Crippen molar-refractivity contribution in [3.63, 3.8) is 0 Å². The molecule has 0 aliphatic carbocycles. The smallest absolute Gasteiger partial charge is 0.188 e. The lowest BCUT2D eigenvalue weighted by molar-refractivity contribution is 0.0192. The van der Waals surface area contributed by atoms with Crippen LogP contribution in [0.2, 0.25) is 18.6 Å². The Kier molecular flexibility index (Phi) is 6.47. The fourth-order valence-corrected chi connectivity index (χ4v) is 7.07. The molecule has 0 bridgehead atoms. The molecule has 0 unspecified atom stereocenters. The normalized spacial score (nSPS) is 29.0. The summed E-state index contributed by atoms with van der Waals surface area (Å²) in [7, 11) is -2.28. The molecule has 1 saturated heterocycles. The van der Waals surface area contributed by atoms with E-state index >= 15 is 0 Å². The van der Waals surface area contributed by atoms with Gasteiger partial charge in [-0.1, -0.05) is 19.1 Å². The van der Waals surface area contributed by atoms with E-state index in [0.29, 0.717) is 12.3 Å². The van der Waals surface area contributed by atoms with Gasteiger partial charge in [-0.05, 0) is 78.6 Å². The minimum absolute atomic E-state index is 0.00701. The number of benzene rings is 1. The van der Waals surface area contributed by atoms with Crippen molar-refractivity contribution in [2.75, 3.05) is 6.61 Å². The Morgan fingerprint density at radius 1 is 1.23 bits per heavy atom. The van der Waals surface area contributed by atoms with E-state index < -0.39 is 8.32 Å². The quantitative estimate of drug-likeness (QED) is 0.532. The number of aliphatic hydroxyl groups is 1. The van der Waals surface area contributed by atoms with Crippen LogP contribution in [0.4, 0.5) is 0 Å². The first kappa shape index (κ1) is 18.4. The van der Waals surface area contributed by atoms with Gasteiger partial charge in [-0.15, -0.1) is 0 Å². The Hall–Kier alpha value is 0.0469. The van der Waals surface area contributed by atoms with E-state index in [1.165, 1.54) is 9.13 Å². The van der Waals surface area contributed by atoms with Crippen molar-refractivity contribution >= 4 is 30.9 Å². The molecule has 1 fully saturated rings. The van der Waals surface area contributed by atoms with Gasteiger partial charge in [0.15, 0.2) is 8.32 Å². The molecule has 124 valence electrons. The van der Waals surface area contributed by atoms with Gasteiger partial charge in [0.05, 0.1) is 12.2 Å². The van der Waals surface area contributed by atoms with Crippen molar-refractivity contribution in [1.29, 1.82) is 0 Å². The number of hydrogen-bond acceptors (Lipinski definition) is 3. The molecule has 1 aromatic rings. The minimum atomic E-state index is -2.28. The molecule has 0 amide bonds.